The van der Waals surface area contributed by atoms with Crippen LogP contribution in [0.4, 0.5) is 0 Å². The Bertz CT molecular complexity index is 776. The molecule has 0 bridgehead atoms. The number of H-pyrrole nitrogens is 1. The van der Waals surface area contributed by atoms with Gasteiger partial charge in [0.25, 0.3) is 0 Å². The summed E-state index contributed by atoms with van der Waals surface area (Å²) in [4.78, 5) is 22.8. The Hall–Kier alpha value is -1.88. The predicted molar refractivity (Wildman–Crippen MR) is 97.4 cm³/mol. The highest BCUT2D eigenvalue weighted by Crippen LogP contribution is 2.34. The van der Waals surface area contributed by atoms with E-state index in [1.54, 1.807) is 0 Å². The van der Waals surface area contributed by atoms with Crippen LogP contribution in [0.2, 0.25) is 0 Å². The fourth-order valence-corrected chi connectivity index (χ4v) is 4.37. The predicted octanol–water partition coefficient (Wildman–Crippen LogP) is 3.27. The Labute approximate surface area is 148 Å². The smallest absolute Gasteiger partial charge is 0.225 e. The molecule has 2 heterocycles. The van der Waals surface area contributed by atoms with Crippen LogP contribution in [0.3, 0.4) is 0 Å². The molecule has 4 rings (SSSR count). The van der Waals surface area contributed by atoms with Gasteiger partial charge in [0.2, 0.25) is 5.91 Å². The minimum Gasteiger partial charge on any atom is -0.389 e. The third-order valence-electron chi connectivity index (χ3n) is 5.83. The first-order valence-corrected chi connectivity index (χ1v) is 9.49. The van der Waals surface area contributed by atoms with E-state index in [-0.39, 0.29) is 18.2 Å². The number of aryl methyl sites for hydroxylation is 1. The van der Waals surface area contributed by atoms with Gasteiger partial charge in [-0.1, -0.05) is 18.9 Å². The Morgan fingerprint density at radius 3 is 2.96 bits per heavy atom. The highest BCUT2D eigenvalue weighted by Gasteiger charge is 2.36. The first-order chi connectivity index (χ1) is 12.0. The molecule has 2 aromatic rings. The second-order valence-corrected chi connectivity index (χ2v) is 7.93. The number of likely N-dealkylation sites (tertiary alicyclic amines) is 1. The maximum atomic E-state index is 12.7. The summed E-state index contributed by atoms with van der Waals surface area (Å²) in [5.41, 5.74) is 2.51. The van der Waals surface area contributed by atoms with Gasteiger partial charge in [-0.05, 0) is 50.3 Å². The van der Waals surface area contributed by atoms with E-state index in [0.717, 1.165) is 61.9 Å². The van der Waals surface area contributed by atoms with Crippen LogP contribution >= 0.6 is 0 Å². The van der Waals surface area contributed by atoms with E-state index >= 15 is 0 Å². The van der Waals surface area contributed by atoms with Crippen molar-refractivity contribution in [3.05, 3.63) is 29.6 Å². The first kappa shape index (κ1) is 16.6. The number of aromatic nitrogens is 2. The van der Waals surface area contributed by atoms with E-state index in [1.807, 2.05) is 11.0 Å². The van der Waals surface area contributed by atoms with Crippen molar-refractivity contribution < 1.29 is 9.90 Å². The molecule has 2 fully saturated rings. The number of aliphatic hydroxyl groups is 1. The zero-order valence-electron chi connectivity index (χ0n) is 14.9. The van der Waals surface area contributed by atoms with Crippen LogP contribution in [0, 0.1) is 6.92 Å². The van der Waals surface area contributed by atoms with Crippen LogP contribution in [0.1, 0.15) is 62.3 Å². The Morgan fingerprint density at radius 2 is 2.16 bits per heavy atom. The second kappa shape index (κ2) is 6.45. The number of benzene rings is 1. The molecule has 1 aliphatic carbocycles. The lowest BCUT2D eigenvalue weighted by molar-refractivity contribution is -0.137. The molecule has 134 valence electrons. The highest BCUT2D eigenvalue weighted by atomic mass is 16.3. The number of piperidine rings is 1. The molecule has 1 aliphatic heterocycles. The average molecular weight is 341 g/mol. The monoisotopic (exact) mass is 341 g/mol. The molecule has 1 atom stereocenters. The standard InChI is InChI=1S/C20H27N3O2/c1-14-6-7-16-17(11-14)22-19(21-16)15-5-4-10-23(13-15)18(24)12-20(25)8-2-3-9-20/h6-7,11,15,25H,2-5,8-10,12-13H2,1H3,(H,21,22). The summed E-state index contributed by atoms with van der Waals surface area (Å²) < 4.78 is 0. The molecular weight excluding hydrogens is 314 g/mol. The molecular formula is C20H27N3O2. The Balaban J connectivity index is 1.47. The van der Waals surface area contributed by atoms with Gasteiger partial charge in [-0.15, -0.1) is 0 Å². The van der Waals surface area contributed by atoms with Gasteiger partial charge in [-0.2, -0.15) is 0 Å². The van der Waals surface area contributed by atoms with E-state index in [4.69, 9.17) is 4.98 Å². The van der Waals surface area contributed by atoms with Crippen molar-refractivity contribution in [2.45, 2.75) is 63.4 Å². The first-order valence-electron chi connectivity index (χ1n) is 9.49. The average Bonchev–Trinajstić information content (AvgIpc) is 3.21. The quantitative estimate of drug-likeness (QED) is 0.900. The van der Waals surface area contributed by atoms with Crippen molar-refractivity contribution in [3.8, 4) is 0 Å². The number of nitrogens with one attached hydrogen (secondary N) is 1. The van der Waals surface area contributed by atoms with Gasteiger partial charge in [-0.25, -0.2) is 4.98 Å². The molecule has 1 saturated heterocycles. The van der Waals surface area contributed by atoms with Crippen molar-refractivity contribution >= 4 is 16.9 Å². The fourth-order valence-electron chi connectivity index (χ4n) is 4.37. The second-order valence-electron chi connectivity index (χ2n) is 7.93. The number of rotatable bonds is 3. The largest absolute Gasteiger partial charge is 0.389 e. The third-order valence-corrected chi connectivity index (χ3v) is 5.83. The number of fused-ring (bicyclic) bond motifs is 1. The number of amides is 1. The number of carbonyl (C=O) groups is 1. The number of hydrogen-bond acceptors (Lipinski definition) is 3. The molecule has 1 aromatic heterocycles. The van der Waals surface area contributed by atoms with Crippen LogP contribution in [-0.4, -0.2) is 44.6 Å². The van der Waals surface area contributed by atoms with Crippen molar-refractivity contribution in [2.75, 3.05) is 13.1 Å². The summed E-state index contributed by atoms with van der Waals surface area (Å²) in [6.07, 6.45) is 5.91. The van der Waals surface area contributed by atoms with Gasteiger partial charge in [-0.3, -0.25) is 4.79 Å². The van der Waals surface area contributed by atoms with Crippen LogP contribution in [0.5, 0.6) is 0 Å². The number of aromatic amines is 1. The molecule has 25 heavy (non-hydrogen) atoms. The van der Waals surface area contributed by atoms with Crippen LogP contribution in [-0.2, 0) is 4.79 Å². The minimum atomic E-state index is -0.763. The van der Waals surface area contributed by atoms with Crippen LogP contribution in [0.15, 0.2) is 18.2 Å². The Morgan fingerprint density at radius 1 is 1.36 bits per heavy atom. The minimum absolute atomic E-state index is 0.0982. The fraction of sp³-hybridized carbons (Fsp3) is 0.600. The summed E-state index contributed by atoms with van der Waals surface area (Å²) >= 11 is 0. The zero-order valence-corrected chi connectivity index (χ0v) is 14.9. The molecule has 2 aliphatic rings. The molecule has 5 heteroatoms. The van der Waals surface area contributed by atoms with Gasteiger partial charge in [0.15, 0.2) is 0 Å². The number of hydrogen-bond donors (Lipinski definition) is 2. The molecule has 1 unspecified atom stereocenters. The molecule has 0 radical (unpaired) electrons. The molecule has 1 aromatic carbocycles. The number of imidazole rings is 1. The molecule has 2 N–H and O–H groups in total. The number of carbonyl (C=O) groups excluding carboxylic acids is 1. The molecule has 1 amide bonds. The Kier molecular flexibility index (Phi) is 4.28. The number of nitrogens with zero attached hydrogens (tertiary/aromatic N) is 2. The van der Waals surface area contributed by atoms with Crippen molar-refractivity contribution in [1.82, 2.24) is 14.9 Å². The highest BCUT2D eigenvalue weighted by molar-refractivity contribution is 5.78. The van der Waals surface area contributed by atoms with Gasteiger partial charge in [0, 0.05) is 19.0 Å². The van der Waals surface area contributed by atoms with E-state index in [0.29, 0.717) is 6.54 Å². The lowest BCUT2D eigenvalue weighted by Gasteiger charge is -2.34. The maximum absolute atomic E-state index is 12.7. The van der Waals surface area contributed by atoms with Crippen molar-refractivity contribution in [1.29, 1.82) is 0 Å². The van der Waals surface area contributed by atoms with E-state index in [1.165, 1.54) is 5.56 Å². The lowest BCUT2D eigenvalue weighted by Crippen LogP contribution is -2.43. The summed E-state index contributed by atoms with van der Waals surface area (Å²) in [6.45, 7) is 3.58. The molecule has 1 saturated carbocycles. The molecule has 0 spiro atoms. The summed E-state index contributed by atoms with van der Waals surface area (Å²) in [6, 6.07) is 6.24. The summed E-state index contributed by atoms with van der Waals surface area (Å²) in [7, 11) is 0. The van der Waals surface area contributed by atoms with Gasteiger partial charge in [0.1, 0.15) is 5.82 Å². The zero-order chi connectivity index (χ0) is 17.4. The van der Waals surface area contributed by atoms with Crippen LogP contribution in [0.25, 0.3) is 11.0 Å². The lowest BCUT2D eigenvalue weighted by atomic mass is 9.94. The van der Waals surface area contributed by atoms with Gasteiger partial charge in [0.05, 0.1) is 23.1 Å². The SMILES string of the molecule is Cc1ccc2nc(C3CCCN(C(=O)CC4(O)CCCC4)C3)[nH]c2c1. The summed E-state index contributed by atoms with van der Waals surface area (Å²) in [5, 5.41) is 10.5. The van der Waals surface area contributed by atoms with Crippen molar-refractivity contribution in [3.63, 3.8) is 0 Å². The van der Waals surface area contributed by atoms with E-state index in [9.17, 15) is 9.90 Å². The topological polar surface area (TPSA) is 69.2 Å². The summed E-state index contributed by atoms with van der Waals surface area (Å²) in [5.74, 6) is 1.34. The molecule has 5 nitrogen and oxygen atoms in total. The van der Waals surface area contributed by atoms with E-state index in [2.05, 4.69) is 24.0 Å². The van der Waals surface area contributed by atoms with Crippen molar-refractivity contribution in [2.24, 2.45) is 0 Å². The normalized spacial score (nSPS) is 23.3. The maximum Gasteiger partial charge on any atom is 0.225 e. The van der Waals surface area contributed by atoms with Gasteiger partial charge < -0.3 is 15.0 Å². The van der Waals surface area contributed by atoms with Crippen LogP contribution < -0.4 is 0 Å². The van der Waals surface area contributed by atoms with E-state index < -0.39 is 5.60 Å². The van der Waals surface area contributed by atoms with Gasteiger partial charge >= 0.3 is 0 Å². The third kappa shape index (κ3) is 3.43.